The molecule has 0 fully saturated rings. The van der Waals surface area contributed by atoms with Gasteiger partial charge in [0, 0.05) is 16.6 Å². The summed E-state index contributed by atoms with van der Waals surface area (Å²) in [4.78, 5) is 14.1. The van der Waals surface area contributed by atoms with Crippen LogP contribution in [0.1, 0.15) is 15.9 Å². The Morgan fingerprint density at radius 2 is 2.00 bits per heavy atom. The van der Waals surface area contributed by atoms with Crippen LogP contribution in [-0.2, 0) is 6.42 Å². The van der Waals surface area contributed by atoms with Crippen LogP contribution in [0.3, 0.4) is 0 Å². The molecule has 0 unspecified atom stereocenters. The Bertz CT molecular complexity index is 704. The molecule has 0 aromatic heterocycles. The molecule has 3 rings (SSSR count). The summed E-state index contributed by atoms with van der Waals surface area (Å²) in [6.07, 6.45) is 0.716. The molecular weight excluding hydrogens is 345 g/mol. The second kappa shape index (κ2) is 5.19. The highest BCUT2D eigenvalue weighted by Crippen LogP contribution is 2.31. The minimum atomic E-state index is -0.404. The van der Waals surface area contributed by atoms with Crippen LogP contribution in [0.2, 0.25) is 5.02 Å². The second-order valence-electron chi connectivity index (χ2n) is 4.60. The quantitative estimate of drug-likeness (QED) is 0.741. The highest BCUT2D eigenvalue weighted by Gasteiger charge is 2.27. The Labute approximate surface area is 129 Å². The Kier molecular flexibility index (Phi) is 3.52. The van der Waals surface area contributed by atoms with E-state index in [4.69, 9.17) is 11.6 Å². The second-order valence-corrected chi connectivity index (χ2v) is 5.93. The predicted molar refractivity (Wildman–Crippen MR) is 80.9 cm³/mol. The molecular formula is C15H10BrClFNO. The van der Waals surface area contributed by atoms with Gasteiger partial charge in [-0.25, -0.2) is 4.39 Å². The average molecular weight is 355 g/mol. The van der Waals surface area contributed by atoms with Gasteiger partial charge in [0.05, 0.1) is 10.7 Å². The largest absolute Gasteiger partial charge is 0.306 e. The van der Waals surface area contributed by atoms with Crippen molar-refractivity contribution in [2.75, 3.05) is 11.4 Å². The van der Waals surface area contributed by atoms with E-state index in [2.05, 4.69) is 15.9 Å². The summed E-state index contributed by atoms with van der Waals surface area (Å²) >= 11 is 9.48. The lowest BCUT2D eigenvalue weighted by Gasteiger charge is -2.29. The van der Waals surface area contributed by atoms with E-state index in [0.29, 0.717) is 29.2 Å². The minimum absolute atomic E-state index is 0.147. The first kappa shape index (κ1) is 13.6. The SMILES string of the molecule is O=C1c2ccc(Br)cc2CCN1c1cc(F)ccc1Cl. The number of benzene rings is 2. The van der Waals surface area contributed by atoms with Crippen LogP contribution < -0.4 is 4.90 Å². The van der Waals surface area contributed by atoms with E-state index in [1.54, 1.807) is 6.07 Å². The van der Waals surface area contributed by atoms with Gasteiger partial charge in [-0.2, -0.15) is 0 Å². The molecule has 1 aliphatic rings. The first-order valence-corrected chi connectivity index (χ1v) is 7.29. The fourth-order valence-electron chi connectivity index (χ4n) is 2.38. The van der Waals surface area contributed by atoms with Crippen molar-refractivity contribution in [1.29, 1.82) is 0 Å². The molecule has 0 N–H and O–H groups in total. The van der Waals surface area contributed by atoms with Gasteiger partial charge in [-0.3, -0.25) is 4.79 Å². The van der Waals surface area contributed by atoms with E-state index >= 15 is 0 Å². The lowest BCUT2D eigenvalue weighted by molar-refractivity contribution is 0.0980. The molecule has 1 aliphatic heterocycles. The molecule has 2 aromatic rings. The Morgan fingerprint density at radius 3 is 2.80 bits per heavy atom. The van der Waals surface area contributed by atoms with Crippen molar-refractivity contribution in [2.45, 2.75) is 6.42 Å². The molecule has 102 valence electrons. The summed E-state index contributed by atoms with van der Waals surface area (Å²) in [6, 6.07) is 9.60. The van der Waals surface area contributed by atoms with Gasteiger partial charge in [0.25, 0.3) is 5.91 Å². The molecule has 0 aliphatic carbocycles. The molecule has 0 bridgehead atoms. The number of carbonyl (C=O) groups excluding carboxylic acids is 1. The molecule has 20 heavy (non-hydrogen) atoms. The fourth-order valence-corrected chi connectivity index (χ4v) is 3.01. The van der Waals surface area contributed by atoms with E-state index in [1.807, 2.05) is 12.1 Å². The van der Waals surface area contributed by atoms with Gasteiger partial charge in [0.2, 0.25) is 0 Å². The molecule has 0 radical (unpaired) electrons. The topological polar surface area (TPSA) is 20.3 Å². The van der Waals surface area contributed by atoms with E-state index < -0.39 is 5.82 Å². The number of rotatable bonds is 1. The van der Waals surface area contributed by atoms with Crippen LogP contribution in [0.5, 0.6) is 0 Å². The normalized spacial score (nSPS) is 14.3. The molecule has 0 spiro atoms. The van der Waals surface area contributed by atoms with Gasteiger partial charge in [0.15, 0.2) is 0 Å². The van der Waals surface area contributed by atoms with Gasteiger partial charge in [-0.1, -0.05) is 27.5 Å². The van der Waals surface area contributed by atoms with Crippen LogP contribution in [0, 0.1) is 5.82 Å². The summed E-state index contributed by atoms with van der Waals surface area (Å²) < 4.78 is 14.3. The summed E-state index contributed by atoms with van der Waals surface area (Å²) in [6.45, 7) is 0.492. The molecule has 0 atom stereocenters. The molecule has 2 nitrogen and oxygen atoms in total. The van der Waals surface area contributed by atoms with Gasteiger partial charge < -0.3 is 4.90 Å². The lowest BCUT2D eigenvalue weighted by Crippen LogP contribution is -2.37. The number of halogens is 3. The number of hydrogen-bond acceptors (Lipinski definition) is 1. The third-order valence-corrected chi connectivity index (χ3v) is 4.16. The third kappa shape index (κ3) is 2.34. The summed E-state index contributed by atoms with van der Waals surface area (Å²) in [5.41, 5.74) is 2.05. The average Bonchev–Trinajstić information content (AvgIpc) is 2.42. The number of hydrogen-bond donors (Lipinski definition) is 0. The van der Waals surface area contributed by atoms with Gasteiger partial charge in [-0.15, -0.1) is 0 Å². The van der Waals surface area contributed by atoms with Crippen molar-refractivity contribution in [3.05, 3.63) is 62.8 Å². The van der Waals surface area contributed by atoms with E-state index in [9.17, 15) is 9.18 Å². The molecule has 0 saturated carbocycles. The first-order valence-electron chi connectivity index (χ1n) is 6.11. The number of amides is 1. The summed E-state index contributed by atoms with van der Waals surface area (Å²) in [5.74, 6) is -0.551. The number of carbonyl (C=O) groups is 1. The molecule has 0 saturated heterocycles. The van der Waals surface area contributed by atoms with Crippen molar-refractivity contribution in [2.24, 2.45) is 0 Å². The highest BCUT2D eigenvalue weighted by molar-refractivity contribution is 9.10. The fraction of sp³-hybridized carbons (Fsp3) is 0.133. The van der Waals surface area contributed by atoms with Gasteiger partial charge in [-0.05, 0) is 48.4 Å². The maximum absolute atomic E-state index is 13.4. The lowest BCUT2D eigenvalue weighted by atomic mass is 9.98. The first-order chi connectivity index (χ1) is 9.56. The van der Waals surface area contributed by atoms with Gasteiger partial charge >= 0.3 is 0 Å². The van der Waals surface area contributed by atoms with Crippen LogP contribution in [0.25, 0.3) is 0 Å². The van der Waals surface area contributed by atoms with Crippen LogP contribution in [0.4, 0.5) is 10.1 Å². The van der Waals surface area contributed by atoms with E-state index in [0.717, 1.165) is 10.0 Å². The molecule has 5 heteroatoms. The summed E-state index contributed by atoms with van der Waals surface area (Å²) in [7, 11) is 0. The standard InChI is InChI=1S/C15H10BrClFNO/c16-10-1-3-12-9(7-10)5-6-19(15(12)20)14-8-11(18)2-4-13(14)17/h1-4,7-8H,5-6H2. The zero-order valence-electron chi connectivity index (χ0n) is 10.4. The summed E-state index contributed by atoms with van der Waals surface area (Å²) in [5, 5.41) is 0.375. The van der Waals surface area contributed by atoms with Crippen molar-refractivity contribution in [3.63, 3.8) is 0 Å². The number of fused-ring (bicyclic) bond motifs is 1. The van der Waals surface area contributed by atoms with E-state index in [1.165, 1.54) is 23.1 Å². The van der Waals surface area contributed by atoms with E-state index in [-0.39, 0.29) is 5.91 Å². The van der Waals surface area contributed by atoms with Gasteiger partial charge in [0.1, 0.15) is 5.82 Å². The maximum atomic E-state index is 13.4. The van der Waals surface area contributed by atoms with Crippen LogP contribution in [-0.4, -0.2) is 12.5 Å². The van der Waals surface area contributed by atoms with Crippen LogP contribution >= 0.6 is 27.5 Å². The molecule has 2 aromatic carbocycles. The predicted octanol–water partition coefficient (Wildman–Crippen LogP) is 4.44. The van der Waals surface area contributed by atoms with Crippen molar-refractivity contribution < 1.29 is 9.18 Å². The van der Waals surface area contributed by atoms with Crippen LogP contribution in [0.15, 0.2) is 40.9 Å². The molecule has 1 amide bonds. The van der Waals surface area contributed by atoms with Crippen molar-refractivity contribution >= 4 is 39.1 Å². The van der Waals surface area contributed by atoms with Crippen molar-refractivity contribution in [3.8, 4) is 0 Å². The Morgan fingerprint density at radius 1 is 1.20 bits per heavy atom. The Balaban J connectivity index is 2.04. The smallest absolute Gasteiger partial charge is 0.258 e. The minimum Gasteiger partial charge on any atom is -0.306 e. The monoisotopic (exact) mass is 353 g/mol. The number of nitrogens with zero attached hydrogens (tertiary/aromatic N) is 1. The zero-order valence-corrected chi connectivity index (χ0v) is 12.7. The third-order valence-electron chi connectivity index (χ3n) is 3.35. The van der Waals surface area contributed by atoms with Crippen molar-refractivity contribution in [1.82, 2.24) is 0 Å². The number of anilines is 1. The Hall–Kier alpha value is -1.39. The molecule has 1 heterocycles. The maximum Gasteiger partial charge on any atom is 0.258 e. The zero-order chi connectivity index (χ0) is 14.3. The highest BCUT2D eigenvalue weighted by atomic mass is 79.9.